The van der Waals surface area contributed by atoms with Gasteiger partial charge >= 0.3 is 0 Å². The van der Waals surface area contributed by atoms with Gasteiger partial charge in [-0.15, -0.1) is 0 Å². The number of nitrogens with one attached hydrogen (secondary N) is 2. The number of ether oxygens (including phenoxy) is 1. The maximum atomic E-state index is 12.8. The van der Waals surface area contributed by atoms with Gasteiger partial charge in [-0.3, -0.25) is 14.8 Å². The first-order valence-electron chi connectivity index (χ1n) is 12.9. The molecule has 3 aromatic rings. The molecule has 3 heterocycles. The van der Waals surface area contributed by atoms with E-state index >= 15 is 0 Å². The number of rotatable bonds is 9. The van der Waals surface area contributed by atoms with Crippen molar-refractivity contribution in [1.29, 1.82) is 0 Å². The smallest absolute Gasteiger partial charge is 0.170 e. The standard InChI is InChI=1S/C30H34N4O2/c1-21(23-5-3-2-4-6-23)24-7-9-26(10-8-24)36-20-25-17-29(35)27-13-16-33-28(30(27)34-25)19-32-18-22-11-14-31-15-12-22/h2-10,13,16,21-22,31-32H,11-12,14-15,17-20H2,1H3. The summed E-state index contributed by atoms with van der Waals surface area (Å²) in [7, 11) is 0. The lowest BCUT2D eigenvalue weighted by molar-refractivity contribution is 0.0998. The molecule has 0 amide bonds. The molecule has 1 fully saturated rings. The number of pyridine rings is 1. The summed E-state index contributed by atoms with van der Waals surface area (Å²) >= 11 is 0. The lowest BCUT2D eigenvalue weighted by Gasteiger charge is -2.23. The number of aliphatic imine (C=N–C) groups is 1. The Morgan fingerprint density at radius 2 is 1.78 bits per heavy atom. The summed E-state index contributed by atoms with van der Waals surface area (Å²) in [6.45, 7) is 6.23. The van der Waals surface area contributed by atoms with Crippen LogP contribution in [-0.2, 0) is 6.54 Å². The van der Waals surface area contributed by atoms with Crippen LogP contribution in [0.2, 0.25) is 0 Å². The number of Topliss-reactive ketones (excluding diaryl/α,β-unsaturated/α-hetero) is 1. The summed E-state index contributed by atoms with van der Waals surface area (Å²) in [6, 6.07) is 20.4. The third kappa shape index (κ3) is 5.89. The van der Waals surface area contributed by atoms with Crippen LogP contribution in [0.5, 0.6) is 5.75 Å². The molecule has 6 nitrogen and oxygen atoms in total. The summed E-state index contributed by atoms with van der Waals surface area (Å²) in [5.74, 6) is 1.84. The molecule has 0 saturated carbocycles. The Hall–Kier alpha value is -3.35. The molecule has 1 unspecified atom stereocenters. The zero-order chi connectivity index (χ0) is 24.7. The van der Waals surface area contributed by atoms with E-state index in [1.807, 2.05) is 18.2 Å². The van der Waals surface area contributed by atoms with Crippen molar-refractivity contribution in [3.8, 4) is 5.75 Å². The Balaban J connectivity index is 1.22. The number of piperidine rings is 1. The molecule has 5 rings (SSSR count). The minimum Gasteiger partial charge on any atom is -0.488 e. The number of ketones is 1. The van der Waals surface area contributed by atoms with Crippen LogP contribution >= 0.6 is 0 Å². The predicted molar refractivity (Wildman–Crippen MR) is 143 cm³/mol. The van der Waals surface area contributed by atoms with Crippen molar-refractivity contribution < 1.29 is 9.53 Å². The van der Waals surface area contributed by atoms with Gasteiger partial charge in [0, 0.05) is 24.2 Å². The highest BCUT2D eigenvalue weighted by molar-refractivity contribution is 6.16. The maximum absolute atomic E-state index is 12.8. The molecule has 2 aromatic carbocycles. The van der Waals surface area contributed by atoms with Crippen LogP contribution in [0.4, 0.5) is 5.69 Å². The molecule has 0 spiro atoms. The van der Waals surface area contributed by atoms with Crippen LogP contribution < -0.4 is 15.4 Å². The molecule has 36 heavy (non-hydrogen) atoms. The zero-order valence-electron chi connectivity index (χ0n) is 20.9. The topological polar surface area (TPSA) is 75.6 Å². The first kappa shape index (κ1) is 24.3. The van der Waals surface area contributed by atoms with Crippen molar-refractivity contribution in [2.75, 3.05) is 26.2 Å². The monoisotopic (exact) mass is 482 g/mol. The molecular formula is C30H34N4O2. The highest BCUT2D eigenvalue weighted by Gasteiger charge is 2.23. The van der Waals surface area contributed by atoms with Crippen molar-refractivity contribution in [2.24, 2.45) is 10.9 Å². The van der Waals surface area contributed by atoms with E-state index in [9.17, 15) is 4.79 Å². The SMILES string of the molecule is CC(c1ccccc1)c1ccc(OCC2=Nc3c(ccnc3CNCC3CCNCC3)C(=O)C2)cc1. The van der Waals surface area contributed by atoms with Crippen LogP contribution in [0.1, 0.15) is 59.3 Å². The second-order valence-corrected chi connectivity index (χ2v) is 9.75. The Kier molecular flexibility index (Phi) is 7.84. The van der Waals surface area contributed by atoms with Crippen molar-refractivity contribution in [3.63, 3.8) is 0 Å². The van der Waals surface area contributed by atoms with Gasteiger partial charge in [0.25, 0.3) is 0 Å². The zero-order valence-corrected chi connectivity index (χ0v) is 20.9. The summed E-state index contributed by atoms with van der Waals surface area (Å²) < 4.78 is 6.02. The highest BCUT2D eigenvalue weighted by Crippen LogP contribution is 2.29. The van der Waals surface area contributed by atoms with E-state index in [0.29, 0.717) is 29.6 Å². The third-order valence-electron chi connectivity index (χ3n) is 7.20. The number of hydrogen-bond donors (Lipinski definition) is 2. The molecule has 0 bridgehead atoms. The number of carbonyl (C=O) groups excluding carboxylic acids is 1. The molecule has 1 aromatic heterocycles. The fourth-order valence-electron chi connectivity index (χ4n) is 4.97. The predicted octanol–water partition coefficient (Wildman–Crippen LogP) is 5.06. The third-order valence-corrected chi connectivity index (χ3v) is 7.20. The minimum atomic E-state index is 0.0765. The van der Waals surface area contributed by atoms with Crippen molar-refractivity contribution >= 4 is 17.2 Å². The van der Waals surface area contributed by atoms with Crippen molar-refractivity contribution in [1.82, 2.24) is 15.6 Å². The van der Waals surface area contributed by atoms with E-state index in [1.165, 1.54) is 24.0 Å². The van der Waals surface area contributed by atoms with E-state index in [2.05, 4.69) is 58.9 Å². The summed E-state index contributed by atoms with van der Waals surface area (Å²) in [5, 5.41) is 6.94. The van der Waals surface area contributed by atoms with Crippen LogP contribution in [0.3, 0.4) is 0 Å². The van der Waals surface area contributed by atoms with Crippen LogP contribution in [0, 0.1) is 5.92 Å². The summed E-state index contributed by atoms with van der Waals surface area (Å²) in [5.41, 5.74) is 5.44. The van der Waals surface area contributed by atoms with Gasteiger partial charge in [0.15, 0.2) is 5.78 Å². The van der Waals surface area contributed by atoms with E-state index in [4.69, 9.17) is 9.73 Å². The lowest BCUT2D eigenvalue weighted by Crippen LogP contribution is -2.33. The fourth-order valence-corrected chi connectivity index (χ4v) is 4.97. The molecule has 2 aliphatic heterocycles. The van der Waals surface area contributed by atoms with E-state index in [1.54, 1.807) is 12.3 Å². The van der Waals surface area contributed by atoms with Gasteiger partial charge in [0.1, 0.15) is 12.4 Å². The molecular weight excluding hydrogens is 448 g/mol. The first-order valence-corrected chi connectivity index (χ1v) is 12.9. The fraction of sp³-hybridized carbons (Fsp3) is 0.367. The largest absolute Gasteiger partial charge is 0.488 e. The number of carbonyl (C=O) groups is 1. The Morgan fingerprint density at radius 1 is 1.03 bits per heavy atom. The number of fused-ring (bicyclic) bond motifs is 1. The highest BCUT2D eigenvalue weighted by atomic mass is 16.5. The molecule has 0 aliphatic carbocycles. The molecule has 186 valence electrons. The summed E-state index contributed by atoms with van der Waals surface area (Å²) in [6.07, 6.45) is 4.38. The minimum absolute atomic E-state index is 0.0765. The summed E-state index contributed by atoms with van der Waals surface area (Å²) in [4.78, 5) is 22.2. The van der Waals surface area contributed by atoms with Gasteiger partial charge in [-0.05, 0) is 67.7 Å². The average molecular weight is 483 g/mol. The molecule has 1 atom stereocenters. The Morgan fingerprint density at radius 3 is 2.56 bits per heavy atom. The van der Waals surface area contributed by atoms with Crippen LogP contribution in [-0.4, -0.2) is 42.7 Å². The first-order chi connectivity index (χ1) is 17.7. The Bertz CT molecular complexity index is 1200. The maximum Gasteiger partial charge on any atom is 0.170 e. The van der Waals surface area contributed by atoms with E-state index in [0.717, 1.165) is 36.8 Å². The van der Waals surface area contributed by atoms with Gasteiger partial charge in [0.2, 0.25) is 0 Å². The van der Waals surface area contributed by atoms with Gasteiger partial charge in [-0.2, -0.15) is 0 Å². The molecule has 0 radical (unpaired) electrons. The Labute approximate surface area is 213 Å². The molecule has 2 N–H and O–H groups in total. The second-order valence-electron chi connectivity index (χ2n) is 9.75. The van der Waals surface area contributed by atoms with E-state index < -0.39 is 0 Å². The second kappa shape index (κ2) is 11.6. The number of aromatic nitrogens is 1. The molecule has 2 aliphatic rings. The van der Waals surface area contributed by atoms with Crippen molar-refractivity contribution in [2.45, 2.75) is 38.6 Å². The average Bonchev–Trinajstić information content (AvgIpc) is 2.93. The normalized spacial score (nSPS) is 16.8. The quantitative estimate of drug-likeness (QED) is 0.446. The number of hydrogen-bond acceptors (Lipinski definition) is 6. The van der Waals surface area contributed by atoms with Crippen LogP contribution in [0.15, 0.2) is 71.9 Å². The van der Waals surface area contributed by atoms with Crippen LogP contribution in [0.25, 0.3) is 0 Å². The van der Waals surface area contributed by atoms with Crippen molar-refractivity contribution in [3.05, 3.63) is 89.2 Å². The van der Waals surface area contributed by atoms with Gasteiger partial charge in [-0.25, -0.2) is 0 Å². The lowest BCUT2D eigenvalue weighted by atomic mass is 9.93. The number of benzene rings is 2. The van der Waals surface area contributed by atoms with Gasteiger partial charge in [0.05, 0.1) is 23.5 Å². The number of nitrogens with zero attached hydrogens (tertiary/aromatic N) is 2. The molecule has 1 saturated heterocycles. The molecule has 6 heteroatoms. The van der Waals surface area contributed by atoms with E-state index in [-0.39, 0.29) is 18.8 Å². The van der Waals surface area contributed by atoms with Gasteiger partial charge < -0.3 is 15.4 Å². The van der Waals surface area contributed by atoms with Gasteiger partial charge in [-0.1, -0.05) is 49.4 Å².